The summed E-state index contributed by atoms with van der Waals surface area (Å²) in [5.74, 6) is 0.275. The average molecular weight is 497 g/mol. The Balaban J connectivity index is 1.88. The fourth-order valence-electron chi connectivity index (χ4n) is 4.23. The van der Waals surface area contributed by atoms with Gasteiger partial charge in [-0.3, -0.25) is 4.98 Å². The van der Waals surface area contributed by atoms with Gasteiger partial charge in [-0.2, -0.15) is 13.2 Å². The quantitative estimate of drug-likeness (QED) is 0.253. The lowest BCUT2D eigenvalue weighted by Crippen LogP contribution is -2.13. The number of alkyl halides is 3. The molecule has 0 unspecified atom stereocenters. The third-order valence-corrected chi connectivity index (χ3v) is 5.75. The van der Waals surface area contributed by atoms with Crippen molar-refractivity contribution in [2.75, 3.05) is 6.61 Å². The number of hydrogen-bond acceptors (Lipinski definition) is 4. The number of ether oxygens (including phenoxy) is 2. The van der Waals surface area contributed by atoms with E-state index in [0.29, 0.717) is 29.1 Å². The highest BCUT2D eigenvalue weighted by Gasteiger charge is 2.31. The van der Waals surface area contributed by atoms with Crippen LogP contribution in [0.4, 0.5) is 13.2 Å². The highest BCUT2D eigenvalue weighted by molar-refractivity contribution is 6.01. The predicted molar refractivity (Wildman–Crippen MR) is 133 cm³/mol. The minimum absolute atomic E-state index is 0.0299. The first kappa shape index (κ1) is 25.3. The summed E-state index contributed by atoms with van der Waals surface area (Å²) in [6.45, 7) is 7.82. The standard InChI is InChI=1S/C28H27F3N2O3/c1-5-22-23-15-18(24-13-8-19(16-32-24)28(29,30)31)7-14-25(23)33(26(22)27(34)35-6-2)20-9-11-21(12-10-20)36-17(3)4/h7-17H,5-6H2,1-4H3. The summed E-state index contributed by atoms with van der Waals surface area (Å²) in [5.41, 5.74) is 3.01. The molecule has 0 bridgehead atoms. The molecule has 0 saturated carbocycles. The molecule has 36 heavy (non-hydrogen) atoms. The molecule has 0 aliphatic carbocycles. The van der Waals surface area contributed by atoms with Crippen LogP contribution in [0.2, 0.25) is 0 Å². The van der Waals surface area contributed by atoms with Crippen molar-refractivity contribution < 1.29 is 27.4 Å². The second kappa shape index (κ2) is 10.0. The van der Waals surface area contributed by atoms with Crippen LogP contribution >= 0.6 is 0 Å². The Kier molecular flexibility index (Phi) is 7.06. The molecule has 2 aromatic heterocycles. The van der Waals surface area contributed by atoms with Gasteiger partial charge in [-0.1, -0.05) is 13.0 Å². The number of aryl methyl sites for hydroxylation is 1. The van der Waals surface area contributed by atoms with Crippen molar-refractivity contribution in [3.05, 3.63) is 77.6 Å². The number of pyridine rings is 1. The van der Waals surface area contributed by atoms with E-state index in [9.17, 15) is 18.0 Å². The number of nitrogens with zero attached hydrogens (tertiary/aromatic N) is 2. The smallest absolute Gasteiger partial charge is 0.417 e. The Hall–Kier alpha value is -3.81. The molecule has 0 aliphatic heterocycles. The van der Waals surface area contributed by atoms with Gasteiger partial charge in [-0.05, 0) is 81.3 Å². The number of hydrogen-bond donors (Lipinski definition) is 0. The molecular weight excluding hydrogens is 469 g/mol. The summed E-state index contributed by atoms with van der Waals surface area (Å²) < 4.78 is 51.9. The molecule has 2 aromatic carbocycles. The van der Waals surface area contributed by atoms with Crippen molar-refractivity contribution in [2.24, 2.45) is 0 Å². The van der Waals surface area contributed by atoms with Gasteiger partial charge >= 0.3 is 12.1 Å². The topological polar surface area (TPSA) is 53.3 Å². The maximum absolute atomic E-state index is 13.1. The maximum Gasteiger partial charge on any atom is 0.417 e. The van der Waals surface area contributed by atoms with Gasteiger partial charge in [0.25, 0.3) is 0 Å². The molecule has 2 heterocycles. The Morgan fingerprint density at radius 1 is 1.03 bits per heavy atom. The highest BCUT2D eigenvalue weighted by Crippen LogP contribution is 2.35. The van der Waals surface area contributed by atoms with Gasteiger partial charge in [-0.15, -0.1) is 0 Å². The van der Waals surface area contributed by atoms with E-state index in [0.717, 1.165) is 34.4 Å². The summed E-state index contributed by atoms with van der Waals surface area (Å²) >= 11 is 0. The van der Waals surface area contributed by atoms with Crippen LogP contribution in [-0.2, 0) is 17.3 Å². The van der Waals surface area contributed by atoms with E-state index in [2.05, 4.69) is 4.98 Å². The van der Waals surface area contributed by atoms with Crippen molar-refractivity contribution in [3.8, 4) is 22.7 Å². The van der Waals surface area contributed by atoms with E-state index in [1.54, 1.807) is 13.0 Å². The second-order valence-corrected chi connectivity index (χ2v) is 8.56. The number of esters is 1. The minimum Gasteiger partial charge on any atom is -0.491 e. The third kappa shape index (κ3) is 4.94. The first-order chi connectivity index (χ1) is 17.1. The fraction of sp³-hybridized carbons (Fsp3) is 0.286. The molecule has 4 rings (SSSR count). The van der Waals surface area contributed by atoms with Crippen molar-refractivity contribution in [1.82, 2.24) is 9.55 Å². The second-order valence-electron chi connectivity index (χ2n) is 8.56. The SMILES string of the molecule is CCOC(=O)c1c(CC)c2cc(-c3ccc(C(F)(F)F)cn3)ccc2n1-c1ccc(OC(C)C)cc1. The lowest BCUT2D eigenvalue weighted by molar-refractivity contribution is -0.137. The van der Waals surface area contributed by atoms with Gasteiger partial charge < -0.3 is 14.0 Å². The summed E-state index contributed by atoms with van der Waals surface area (Å²) in [7, 11) is 0. The van der Waals surface area contributed by atoms with E-state index >= 15 is 0 Å². The molecule has 0 spiro atoms. The van der Waals surface area contributed by atoms with Crippen molar-refractivity contribution in [3.63, 3.8) is 0 Å². The average Bonchev–Trinajstić information content (AvgIpc) is 3.17. The zero-order valence-corrected chi connectivity index (χ0v) is 20.5. The fourth-order valence-corrected chi connectivity index (χ4v) is 4.23. The zero-order valence-electron chi connectivity index (χ0n) is 20.5. The molecule has 0 saturated heterocycles. The first-order valence-corrected chi connectivity index (χ1v) is 11.8. The minimum atomic E-state index is -4.45. The molecule has 0 aliphatic rings. The normalized spacial score (nSPS) is 11.8. The van der Waals surface area contributed by atoms with Gasteiger partial charge in [-0.25, -0.2) is 4.79 Å². The van der Waals surface area contributed by atoms with Gasteiger partial charge in [0, 0.05) is 22.8 Å². The van der Waals surface area contributed by atoms with E-state index in [-0.39, 0.29) is 12.7 Å². The summed E-state index contributed by atoms with van der Waals surface area (Å²) in [6.07, 6.45) is -3.04. The third-order valence-electron chi connectivity index (χ3n) is 5.75. The predicted octanol–water partition coefficient (Wildman–Crippen LogP) is 7.24. The summed E-state index contributed by atoms with van der Waals surface area (Å²) in [5, 5.41) is 0.808. The molecule has 0 N–H and O–H groups in total. The van der Waals surface area contributed by atoms with Crippen LogP contribution in [-0.4, -0.2) is 28.2 Å². The Morgan fingerprint density at radius 2 is 1.75 bits per heavy atom. The molecule has 0 radical (unpaired) electrons. The van der Waals surface area contributed by atoms with Gasteiger partial charge in [0.2, 0.25) is 0 Å². The Morgan fingerprint density at radius 3 is 2.31 bits per heavy atom. The van der Waals surface area contributed by atoms with E-state index < -0.39 is 17.7 Å². The molecule has 8 heteroatoms. The monoisotopic (exact) mass is 496 g/mol. The first-order valence-electron chi connectivity index (χ1n) is 11.8. The van der Waals surface area contributed by atoms with E-state index in [1.165, 1.54) is 6.07 Å². The lowest BCUT2D eigenvalue weighted by atomic mass is 10.0. The van der Waals surface area contributed by atoms with Crippen LogP contribution in [0, 0.1) is 0 Å². The molecule has 5 nitrogen and oxygen atoms in total. The molecule has 0 atom stereocenters. The molecule has 0 amide bonds. The van der Waals surface area contributed by atoms with Gasteiger partial charge in [0.05, 0.1) is 29.5 Å². The largest absolute Gasteiger partial charge is 0.491 e. The van der Waals surface area contributed by atoms with Crippen molar-refractivity contribution >= 4 is 16.9 Å². The summed E-state index contributed by atoms with van der Waals surface area (Å²) in [6, 6.07) is 15.3. The molecular formula is C28H27F3N2O3. The number of benzene rings is 2. The van der Waals surface area contributed by atoms with E-state index in [1.807, 2.05) is 61.7 Å². The van der Waals surface area contributed by atoms with Crippen LogP contribution in [0.1, 0.15) is 49.3 Å². The Labute approximate surface area is 207 Å². The number of fused-ring (bicyclic) bond motifs is 1. The summed E-state index contributed by atoms with van der Waals surface area (Å²) in [4.78, 5) is 17.1. The number of carbonyl (C=O) groups excluding carboxylic acids is 1. The molecule has 4 aromatic rings. The van der Waals surface area contributed by atoms with Crippen LogP contribution in [0.25, 0.3) is 27.8 Å². The number of rotatable bonds is 7. The van der Waals surface area contributed by atoms with Gasteiger partial charge in [0.15, 0.2) is 0 Å². The lowest BCUT2D eigenvalue weighted by Gasteiger charge is -2.13. The number of halogens is 3. The highest BCUT2D eigenvalue weighted by atomic mass is 19.4. The van der Waals surface area contributed by atoms with Crippen LogP contribution < -0.4 is 4.74 Å². The zero-order chi connectivity index (χ0) is 26.0. The van der Waals surface area contributed by atoms with Crippen molar-refractivity contribution in [2.45, 2.75) is 46.4 Å². The van der Waals surface area contributed by atoms with Gasteiger partial charge in [0.1, 0.15) is 11.4 Å². The molecule has 188 valence electrons. The van der Waals surface area contributed by atoms with Crippen molar-refractivity contribution in [1.29, 1.82) is 0 Å². The number of aromatic nitrogens is 2. The maximum atomic E-state index is 13.1. The molecule has 0 fully saturated rings. The van der Waals surface area contributed by atoms with Crippen LogP contribution in [0.3, 0.4) is 0 Å². The Bertz CT molecular complexity index is 1370. The van der Waals surface area contributed by atoms with Crippen LogP contribution in [0.5, 0.6) is 5.75 Å². The van der Waals surface area contributed by atoms with E-state index in [4.69, 9.17) is 9.47 Å². The number of carbonyl (C=O) groups is 1. The van der Waals surface area contributed by atoms with Crippen LogP contribution in [0.15, 0.2) is 60.8 Å².